The van der Waals surface area contributed by atoms with Crippen molar-refractivity contribution in [3.63, 3.8) is 0 Å². The van der Waals surface area contributed by atoms with Crippen LogP contribution in [0.2, 0.25) is 0 Å². The average Bonchev–Trinajstić information content (AvgIpc) is 2.95. The second-order valence-corrected chi connectivity index (χ2v) is 12.7. The second kappa shape index (κ2) is 12.8. The predicted molar refractivity (Wildman–Crippen MR) is 159 cm³/mol. The summed E-state index contributed by atoms with van der Waals surface area (Å²) in [6.07, 6.45) is -2.26. The summed E-state index contributed by atoms with van der Waals surface area (Å²) in [5, 5.41) is 2.73. The molecule has 1 unspecified atom stereocenters. The fourth-order valence-electron chi connectivity index (χ4n) is 5.09. The minimum atomic E-state index is -4.63. The Morgan fingerprint density at radius 1 is 1.07 bits per heavy atom. The van der Waals surface area contributed by atoms with Gasteiger partial charge in [0.15, 0.2) is 0 Å². The minimum Gasteiger partial charge on any atom is -0.378 e. The third-order valence-electron chi connectivity index (χ3n) is 7.56. The molecule has 2 aromatic carbocycles. The van der Waals surface area contributed by atoms with Crippen molar-refractivity contribution in [2.24, 2.45) is 0 Å². The molecule has 2 heterocycles. The SMILES string of the molecule is CC(C(=O)NCc1ccc(C(F)(F)F)nc1N1CCC(c2ccc(N(C)C)cc2)CC1)c1ccc(NS(C)(=O)=O)c(F)c1. The number of halogens is 4. The number of carbonyl (C=O) groups is 1. The molecular weight excluding hydrogens is 586 g/mol. The first-order chi connectivity index (χ1) is 20.1. The van der Waals surface area contributed by atoms with Crippen molar-refractivity contribution in [3.8, 4) is 0 Å². The van der Waals surface area contributed by atoms with Gasteiger partial charge in [-0.1, -0.05) is 24.3 Å². The van der Waals surface area contributed by atoms with Crippen LogP contribution in [0.25, 0.3) is 0 Å². The van der Waals surface area contributed by atoms with Crippen LogP contribution in [0, 0.1) is 5.82 Å². The summed E-state index contributed by atoms with van der Waals surface area (Å²) in [7, 11) is 0.246. The van der Waals surface area contributed by atoms with E-state index in [-0.39, 0.29) is 24.0 Å². The van der Waals surface area contributed by atoms with E-state index in [1.165, 1.54) is 23.8 Å². The van der Waals surface area contributed by atoms with Gasteiger partial charge in [0.05, 0.1) is 17.9 Å². The smallest absolute Gasteiger partial charge is 0.378 e. The molecule has 13 heteroatoms. The zero-order chi connectivity index (χ0) is 31.5. The summed E-state index contributed by atoms with van der Waals surface area (Å²) < 4.78 is 80.1. The number of nitrogens with zero attached hydrogens (tertiary/aromatic N) is 3. The van der Waals surface area contributed by atoms with Crippen LogP contribution >= 0.6 is 0 Å². The van der Waals surface area contributed by atoms with Gasteiger partial charge < -0.3 is 15.1 Å². The summed E-state index contributed by atoms with van der Waals surface area (Å²) in [6, 6.07) is 14.2. The van der Waals surface area contributed by atoms with Crippen molar-refractivity contribution in [3.05, 3.63) is 82.8 Å². The van der Waals surface area contributed by atoms with E-state index in [0.29, 0.717) is 24.2 Å². The molecule has 0 bridgehead atoms. The van der Waals surface area contributed by atoms with Crippen LogP contribution in [0.5, 0.6) is 0 Å². The molecule has 1 aromatic heterocycles. The Kier molecular flexibility index (Phi) is 9.53. The summed E-state index contributed by atoms with van der Waals surface area (Å²) in [5.41, 5.74) is 1.75. The van der Waals surface area contributed by atoms with E-state index >= 15 is 0 Å². The van der Waals surface area contributed by atoms with Gasteiger partial charge in [-0.3, -0.25) is 9.52 Å². The van der Waals surface area contributed by atoms with E-state index in [2.05, 4.69) is 27.2 Å². The number of nitrogens with one attached hydrogen (secondary N) is 2. The number of hydrogen-bond acceptors (Lipinski definition) is 6. The Balaban J connectivity index is 1.47. The van der Waals surface area contributed by atoms with E-state index in [1.54, 1.807) is 6.92 Å². The number of rotatable bonds is 9. The Morgan fingerprint density at radius 2 is 1.72 bits per heavy atom. The highest BCUT2D eigenvalue weighted by Crippen LogP contribution is 2.35. The molecule has 1 aliphatic rings. The Labute approximate surface area is 249 Å². The first-order valence-corrected chi connectivity index (χ1v) is 15.7. The van der Waals surface area contributed by atoms with Crippen molar-refractivity contribution >= 4 is 33.1 Å². The average molecular weight is 622 g/mol. The first kappa shape index (κ1) is 32.1. The highest BCUT2D eigenvalue weighted by molar-refractivity contribution is 7.92. The highest BCUT2D eigenvalue weighted by atomic mass is 32.2. The van der Waals surface area contributed by atoms with Gasteiger partial charge in [-0.15, -0.1) is 0 Å². The standard InChI is InChI=1S/C30H35F4N5O3S/c1-19(22-7-11-26(25(31)17-22)37-43(4,41)42)29(40)35-18-23-8-12-27(30(32,33)34)36-28(23)39-15-13-21(14-16-39)20-5-9-24(10-6-20)38(2)3/h5-12,17,19,21,37H,13-16,18H2,1-4H3,(H,35,40). The quantitative estimate of drug-likeness (QED) is 0.308. The van der Waals surface area contributed by atoms with Crippen molar-refractivity contribution in [2.75, 3.05) is 48.0 Å². The lowest BCUT2D eigenvalue weighted by atomic mass is 9.89. The molecule has 1 amide bonds. The van der Waals surface area contributed by atoms with E-state index < -0.39 is 39.5 Å². The fourth-order valence-corrected chi connectivity index (χ4v) is 5.65. The van der Waals surface area contributed by atoms with Gasteiger partial charge in [-0.2, -0.15) is 13.2 Å². The van der Waals surface area contributed by atoms with Gasteiger partial charge in [-0.05, 0) is 67.1 Å². The van der Waals surface area contributed by atoms with Crippen LogP contribution in [0.15, 0.2) is 54.6 Å². The molecule has 1 atom stereocenters. The third-order valence-corrected chi connectivity index (χ3v) is 8.15. The summed E-state index contributed by atoms with van der Waals surface area (Å²) in [6.45, 7) is 2.47. The van der Waals surface area contributed by atoms with Crippen LogP contribution in [0.1, 0.15) is 54.0 Å². The number of amides is 1. The molecule has 0 saturated carbocycles. The Hall–Kier alpha value is -3.87. The Bertz CT molecular complexity index is 1550. The van der Waals surface area contributed by atoms with Crippen LogP contribution in [-0.4, -0.2) is 52.7 Å². The molecule has 0 spiro atoms. The maximum Gasteiger partial charge on any atom is 0.433 e. The van der Waals surface area contributed by atoms with E-state index in [4.69, 9.17) is 0 Å². The number of piperidine rings is 1. The zero-order valence-corrected chi connectivity index (χ0v) is 25.2. The van der Waals surface area contributed by atoms with Gasteiger partial charge in [0.2, 0.25) is 15.9 Å². The number of aromatic nitrogens is 1. The number of hydrogen-bond donors (Lipinski definition) is 2. The van der Waals surface area contributed by atoms with Crippen LogP contribution in [0.4, 0.5) is 34.8 Å². The lowest BCUT2D eigenvalue weighted by molar-refractivity contribution is -0.141. The van der Waals surface area contributed by atoms with Gasteiger partial charge >= 0.3 is 6.18 Å². The molecule has 2 N–H and O–H groups in total. The summed E-state index contributed by atoms with van der Waals surface area (Å²) in [4.78, 5) is 20.8. The predicted octanol–water partition coefficient (Wildman–Crippen LogP) is 5.48. The molecule has 43 heavy (non-hydrogen) atoms. The van der Waals surface area contributed by atoms with Crippen LogP contribution in [0.3, 0.4) is 0 Å². The molecule has 3 aromatic rings. The molecule has 1 saturated heterocycles. The van der Waals surface area contributed by atoms with Gasteiger partial charge in [-0.25, -0.2) is 17.8 Å². The monoisotopic (exact) mass is 621 g/mol. The lowest BCUT2D eigenvalue weighted by Gasteiger charge is -2.34. The largest absolute Gasteiger partial charge is 0.433 e. The molecule has 0 aliphatic carbocycles. The van der Waals surface area contributed by atoms with Crippen molar-refractivity contribution < 1.29 is 30.8 Å². The maximum atomic E-state index is 14.5. The fraction of sp³-hybridized carbons (Fsp3) is 0.400. The third kappa shape index (κ3) is 8.15. The lowest BCUT2D eigenvalue weighted by Crippen LogP contribution is -2.35. The topological polar surface area (TPSA) is 94.6 Å². The van der Waals surface area contributed by atoms with Gasteiger partial charge in [0.25, 0.3) is 0 Å². The van der Waals surface area contributed by atoms with E-state index in [1.807, 2.05) is 36.0 Å². The van der Waals surface area contributed by atoms with Crippen LogP contribution in [-0.2, 0) is 27.5 Å². The zero-order valence-electron chi connectivity index (χ0n) is 24.4. The first-order valence-electron chi connectivity index (χ1n) is 13.8. The minimum absolute atomic E-state index is 0.0776. The maximum absolute atomic E-state index is 14.5. The number of pyridine rings is 1. The number of alkyl halides is 3. The number of anilines is 3. The number of benzene rings is 2. The normalized spacial score (nSPS) is 15.2. The molecule has 0 radical (unpaired) electrons. The Morgan fingerprint density at radius 3 is 2.28 bits per heavy atom. The highest BCUT2D eigenvalue weighted by Gasteiger charge is 2.34. The van der Waals surface area contributed by atoms with Crippen LogP contribution < -0.4 is 19.8 Å². The van der Waals surface area contributed by atoms with Crippen molar-refractivity contribution in [1.82, 2.24) is 10.3 Å². The van der Waals surface area contributed by atoms with E-state index in [9.17, 15) is 30.8 Å². The number of carbonyl (C=O) groups excluding carboxylic acids is 1. The molecule has 232 valence electrons. The molecular formula is C30H35F4N5O3S. The number of sulfonamides is 1. The summed E-state index contributed by atoms with van der Waals surface area (Å²) >= 11 is 0. The summed E-state index contributed by atoms with van der Waals surface area (Å²) in [5.74, 6) is -1.70. The van der Waals surface area contributed by atoms with Gasteiger partial charge in [0, 0.05) is 45.0 Å². The van der Waals surface area contributed by atoms with E-state index in [0.717, 1.165) is 36.9 Å². The van der Waals surface area contributed by atoms with Crippen molar-refractivity contribution in [2.45, 2.75) is 44.3 Å². The molecule has 1 aliphatic heterocycles. The molecule has 1 fully saturated rings. The van der Waals surface area contributed by atoms with Gasteiger partial charge in [0.1, 0.15) is 17.3 Å². The van der Waals surface area contributed by atoms with Crippen molar-refractivity contribution in [1.29, 1.82) is 0 Å². The second-order valence-electron chi connectivity index (χ2n) is 11.0. The molecule has 8 nitrogen and oxygen atoms in total. The molecule has 4 rings (SSSR count).